The van der Waals surface area contributed by atoms with Crippen molar-refractivity contribution in [2.45, 2.75) is 4.90 Å². The van der Waals surface area contributed by atoms with Gasteiger partial charge in [-0.25, -0.2) is 4.79 Å². The van der Waals surface area contributed by atoms with E-state index >= 15 is 0 Å². The minimum Gasteiger partial charge on any atom is -1.00 e. The molecule has 7 heteroatoms. The number of benzene rings is 2. The Morgan fingerprint density at radius 1 is 1.11 bits per heavy atom. The first-order valence-corrected chi connectivity index (χ1v) is 6.07. The second-order valence-corrected chi connectivity index (χ2v) is 4.80. The van der Waals surface area contributed by atoms with E-state index in [1.165, 1.54) is 12.1 Å². The summed E-state index contributed by atoms with van der Waals surface area (Å²) in [5.74, 6) is 0. The van der Waals surface area contributed by atoms with Crippen LogP contribution < -0.4 is 51.4 Å². The van der Waals surface area contributed by atoms with E-state index in [9.17, 15) is 13.2 Å². The van der Waals surface area contributed by atoms with Gasteiger partial charge in [-0.3, -0.25) is 0 Å². The number of carbonyl (C=O) groups is 1. The van der Waals surface area contributed by atoms with E-state index in [-0.39, 0.29) is 57.7 Å². The Balaban J connectivity index is 0.00000162. The average Bonchev–Trinajstić information content (AvgIpc) is 2.26. The maximum absolute atomic E-state index is 11.7. The van der Waals surface area contributed by atoms with E-state index in [0.717, 1.165) is 0 Å². The van der Waals surface area contributed by atoms with E-state index in [4.69, 9.17) is 5.11 Å². The molecule has 18 heavy (non-hydrogen) atoms. The fourth-order valence-electron chi connectivity index (χ4n) is 1.55. The maximum Gasteiger partial charge on any atom is 1.00 e. The van der Waals surface area contributed by atoms with E-state index in [1.807, 2.05) is 0 Å². The third kappa shape index (κ3) is 3.31. The number of carboxylic acid groups (broad SMARTS) is 1. The standard InChI is InChI=1S/C11H8O5S.K.H/c12-11(13)16-17(14,15)10-7-3-5-8-4-1-2-6-9(8)10;;/h1-7H,(H,12,13);;/q;+1;-1. The van der Waals surface area contributed by atoms with E-state index < -0.39 is 16.3 Å². The molecule has 0 bridgehead atoms. The molecule has 0 saturated heterocycles. The molecule has 0 unspecified atom stereocenters. The van der Waals surface area contributed by atoms with E-state index in [2.05, 4.69) is 4.18 Å². The zero-order chi connectivity index (χ0) is 12.5. The fraction of sp³-hybridized carbons (Fsp3) is 0. The van der Waals surface area contributed by atoms with Gasteiger partial charge in [0.1, 0.15) is 4.90 Å². The quantitative estimate of drug-likeness (QED) is 0.587. The molecule has 0 aliphatic rings. The Morgan fingerprint density at radius 2 is 1.72 bits per heavy atom. The summed E-state index contributed by atoms with van der Waals surface area (Å²) in [5.41, 5.74) is 0. The van der Waals surface area contributed by atoms with Crippen molar-refractivity contribution in [1.29, 1.82) is 0 Å². The van der Waals surface area contributed by atoms with Crippen LogP contribution in [0.3, 0.4) is 0 Å². The van der Waals surface area contributed by atoms with Crippen LogP contribution in [-0.2, 0) is 14.3 Å². The summed E-state index contributed by atoms with van der Waals surface area (Å²) in [4.78, 5) is 10.2. The first-order valence-electron chi connectivity index (χ1n) is 4.66. The van der Waals surface area contributed by atoms with Gasteiger partial charge in [-0.15, -0.1) is 0 Å². The SMILES string of the molecule is O=C(O)OS(=O)(=O)c1cccc2ccccc12.[H-].[K+]. The molecule has 1 N–H and O–H groups in total. The molecule has 2 aromatic carbocycles. The summed E-state index contributed by atoms with van der Waals surface area (Å²) in [5, 5.41) is 9.51. The molecule has 0 fully saturated rings. The van der Waals surface area contributed by atoms with Crippen molar-refractivity contribution in [1.82, 2.24) is 0 Å². The first-order chi connectivity index (χ1) is 8.00. The molecule has 0 aliphatic heterocycles. The maximum atomic E-state index is 11.7. The molecule has 2 aromatic rings. The molecular weight excluding hydrogens is 283 g/mol. The molecule has 5 nitrogen and oxygen atoms in total. The molecule has 0 radical (unpaired) electrons. The van der Waals surface area contributed by atoms with Crippen LogP contribution in [0.5, 0.6) is 0 Å². The molecule has 0 atom stereocenters. The fourth-order valence-corrected chi connectivity index (χ4v) is 2.53. The molecule has 0 spiro atoms. The molecule has 0 aliphatic carbocycles. The number of hydrogen-bond donors (Lipinski definition) is 1. The Hall–Kier alpha value is -0.444. The number of fused-ring (bicyclic) bond motifs is 1. The van der Waals surface area contributed by atoms with Crippen molar-refractivity contribution in [2.24, 2.45) is 0 Å². The molecule has 0 heterocycles. The number of hydrogen-bond acceptors (Lipinski definition) is 4. The summed E-state index contributed by atoms with van der Waals surface area (Å²) in [7, 11) is -4.29. The summed E-state index contributed by atoms with van der Waals surface area (Å²) >= 11 is 0. The van der Waals surface area contributed by atoms with Gasteiger partial charge in [0.2, 0.25) is 0 Å². The third-order valence-corrected chi connectivity index (χ3v) is 3.46. The molecule has 0 saturated carbocycles. The molecule has 0 aromatic heterocycles. The van der Waals surface area contributed by atoms with Gasteiger partial charge in [0, 0.05) is 5.39 Å². The molecule has 90 valence electrons. The Kier molecular flexibility index (Phi) is 5.32. The summed E-state index contributed by atoms with van der Waals surface area (Å²) in [6.45, 7) is 0. The largest absolute Gasteiger partial charge is 1.00 e. The van der Waals surface area contributed by atoms with E-state index in [0.29, 0.717) is 10.8 Å². The van der Waals surface area contributed by atoms with Crippen LogP contribution in [0.25, 0.3) is 10.8 Å². The van der Waals surface area contributed by atoms with Gasteiger partial charge in [-0.05, 0) is 11.5 Å². The van der Waals surface area contributed by atoms with Crippen LogP contribution in [0.15, 0.2) is 47.4 Å². The van der Waals surface area contributed by atoms with Gasteiger partial charge in [-0.1, -0.05) is 36.4 Å². The smallest absolute Gasteiger partial charge is 1.00 e. The van der Waals surface area contributed by atoms with Crippen LogP contribution in [0.4, 0.5) is 4.79 Å². The normalized spacial score (nSPS) is 10.7. The Morgan fingerprint density at radius 3 is 2.39 bits per heavy atom. The average molecular weight is 292 g/mol. The molecule has 2 rings (SSSR count). The van der Waals surface area contributed by atoms with Crippen LogP contribution in [0.1, 0.15) is 1.43 Å². The van der Waals surface area contributed by atoms with Crippen LogP contribution in [0.2, 0.25) is 0 Å². The second-order valence-electron chi connectivity index (χ2n) is 3.28. The second kappa shape index (κ2) is 6.13. The predicted molar refractivity (Wildman–Crippen MR) is 61.4 cm³/mol. The van der Waals surface area contributed by atoms with Crippen molar-refractivity contribution >= 4 is 27.0 Å². The van der Waals surface area contributed by atoms with Gasteiger partial charge in [0.25, 0.3) is 0 Å². The monoisotopic (exact) mass is 292 g/mol. The molecule has 0 amide bonds. The van der Waals surface area contributed by atoms with Gasteiger partial charge in [-0.2, -0.15) is 8.42 Å². The first kappa shape index (κ1) is 15.6. The summed E-state index contributed by atoms with van der Waals surface area (Å²) < 4.78 is 27.2. The van der Waals surface area contributed by atoms with Crippen molar-refractivity contribution in [3.05, 3.63) is 42.5 Å². The van der Waals surface area contributed by atoms with Crippen LogP contribution >= 0.6 is 0 Å². The predicted octanol–water partition coefficient (Wildman–Crippen LogP) is -0.660. The van der Waals surface area contributed by atoms with Gasteiger partial charge < -0.3 is 10.7 Å². The van der Waals surface area contributed by atoms with Crippen LogP contribution in [0, 0.1) is 0 Å². The van der Waals surface area contributed by atoms with Crippen LogP contribution in [-0.4, -0.2) is 19.7 Å². The van der Waals surface area contributed by atoms with E-state index in [1.54, 1.807) is 30.3 Å². The topological polar surface area (TPSA) is 80.7 Å². The van der Waals surface area contributed by atoms with Crippen molar-refractivity contribution in [2.75, 3.05) is 0 Å². The van der Waals surface area contributed by atoms with Gasteiger partial charge >= 0.3 is 67.7 Å². The summed E-state index contributed by atoms with van der Waals surface area (Å²) in [6.07, 6.45) is -1.85. The Labute approximate surface area is 148 Å². The zero-order valence-electron chi connectivity index (χ0n) is 10.5. The summed E-state index contributed by atoms with van der Waals surface area (Å²) in [6, 6.07) is 11.3. The molecular formula is C11H9KO5S. The van der Waals surface area contributed by atoms with Crippen molar-refractivity contribution in [3.63, 3.8) is 0 Å². The zero-order valence-corrected chi connectivity index (χ0v) is 13.5. The Bertz CT molecular complexity index is 681. The van der Waals surface area contributed by atoms with Gasteiger partial charge in [0.15, 0.2) is 0 Å². The van der Waals surface area contributed by atoms with Gasteiger partial charge in [0.05, 0.1) is 0 Å². The third-order valence-electron chi connectivity index (χ3n) is 2.20. The van der Waals surface area contributed by atoms with Crippen molar-refractivity contribution in [3.8, 4) is 0 Å². The van der Waals surface area contributed by atoms with Crippen molar-refractivity contribution < 1.29 is 75.3 Å². The minimum absolute atomic E-state index is 0. The number of rotatable bonds is 2. The minimum atomic E-state index is -4.29.